The highest BCUT2D eigenvalue weighted by atomic mass is 16.3. The molecule has 6 nitrogen and oxygen atoms in total. The quantitative estimate of drug-likeness (QED) is 0.497. The number of rotatable bonds is 5. The van der Waals surface area contributed by atoms with Crippen LogP contribution in [-0.2, 0) is 13.5 Å². The fourth-order valence-electron chi connectivity index (χ4n) is 1.85. The molecule has 0 bridgehead atoms. The normalized spacial score (nSPS) is 10.7. The minimum atomic E-state index is -0.368. The second kappa shape index (κ2) is 6.51. The van der Waals surface area contributed by atoms with Crippen molar-refractivity contribution in [2.75, 3.05) is 0 Å². The summed E-state index contributed by atoms with van der Waals surface area (Å²) in [6.07, 6.45) is 5.20. The van der Waals surface area contributed by atoms with Crippen LogP contribution < -0.4 is 5.43 Å². The topological polar surface area (TPSA) is 79.5 Å². The summed E-state index contributed by atoms with van der Waals surface area (Å²) in [7, 11) is 1.67. The van der Waals surface area contributed by atoms with Gasteiger partial charge in [-0.05, 0) is 24.1 Å². The summed E-state index contributed by atoms with van der Waals surface area (Å²) in [4.78, 5) is 11.8. The molecule has 1 amide bonds. The van der Waals surface area contributed by atoms with Crippen LogP contribution >= 0.6 is 0 Å². The van der Waals surface area contributed by atoms with E-state index in [1.807, 2.05) is 12.1 Å². The maximum Gasteiger partial charge on any atom is 0.289 e. The van der Waals surface area contributed by atoms with Crippen LogP contribution in [0.3, 0.4) is 0 Å². The molecule has 0 radical (unpaired) electrons. The molecule has 0 aliphatic heterocycles. The summed E-state index contributed by atoms with van der Waals surface area (Å²) in [5.74, 6) is -0.232. The maximum absolute atomic E-state index is 11.8. The fourth-order valence-corrected chi connectivity index (χ4v) is 1.85. The Morgan fingerprint density at radius 2 is 2.33 bits per heavy atom. The van der Waals surface area contributed by atoms with Crippen molar-refractivity contribution in [2.45, 2.75) is 6.42 Å². The molecule has 1 aromatic heterocycles. The molecule has 0 spiro atoms. The summed E-state index contributed by atoms with van der Waals surface area (Å²) in [6, 6.07) is 6.92. The zero-order chi connectivity index (χ0) is 15.2. The molecule has 0 saturated carbocycles. The highest BCUT2D eigenvalue weighted by Gasteiger charge is 2.08. The third-order valence-electron chi connectivity index (χ3n) is 2.94. The molecule has 1 heterocycles. The molecule has 2 aromatic rings. The summed E-state index contributed by atoms with van der Waals surface area (Å²) >= 11 is 0. The fraction of sp³-hybridized carbons (Fsp3) is 0.133. The van der Waals surface area contributed by atoms with Crippen molar-refractivity contribution in [3.05, 3.63) is 59.9 Å². The van der Waals surface area contributed by atoms with Crippen LogP contribution in [0.15, 0.2) is 48.2 Å². The number of hydrogen-bond donors (Lipinski definition) is 2. The van der Waals surface area contributed by atoms with Gasteiger partial charge in [0.2, 0.25) is 0 Å². The van der Waals surface area contributed by atoms with Gasteiger partial charge in [0.1, 0.15) is 11.4 Å². The number of allylic oxidation sites excluding steroid dienone is 1. The second-order valence-electron chi connectivity index (χ2n) is 4.39. The molecule has 0 atom stereocenters. The molecule has 2 N–H and O–H groups in total. The molecular weight excluding hydrogens is 268 g/mol. The number of nitrogens with one attached hydrogen (secondary N) is 1. The van der Waals surface area contributed by atoms with E-state index in [1.165, 1.54) is 17.1 Å². The number of carbonyl (C=O) groups is 1. The molecule has 0 saturated heterocycles. The average molecular weight is 284 g/mol. The van der Waals surface area contributed by atoms with Gasteiger partial charge in [0.05, 0.1) is 6.21 Å². The molecular formula is C15H16N4O2. The molecule has 2 rings (SSSR count). The molecule has 108 valence electrons. The van der Waals surface area contributed by atoms with Gasteiger partial charge in [0.25, 0.3) is 5.91 Å². The lowest BCUT2D eigenvalue weighted by Gasteiger charge is -2.04. The van der Waals surface area contributed by atoms with Crippen molar-refractivity contribution in [3.63, 3.8) is 0 Å². The number of carbonyl (C=O) groups excluding carboxylic acids is 1. The number of aryl methyl sites for hydroxylation is 1. The smallest absolute Gasteiger partial charge is 0.289 e. The molecule has 0 fully saturated rings. The maximum atomic E-state index is 11.8. The van der Waals surface area contributed by atoms with Gasteiger partial charge < -0.3 is 5.11 Å². The third-order valence-corrected chi connectivity index (χ3v) is 2.94. The van der Waals surface area contributed by atoms with E-state index in [0.29, 0.717) is 17.7 Å². The Morgan fingerprint density at radius 1 is 1.52 bits per heavy atom. The Bertz CT molecular complexity index is 689. The predicted octanol–water partition coefficient (Wildman–Crippen LogP) is 1.62. The average Bonchev–Trinajstić information content (AvgIpc) is 2.89. The lowest BCUT2D eigenvalue weighted by Crippen LogP contribution is -2.20. The van der Waals surface area contributed by atoms with E-state index in [9.17, 15) is 9.90 Å². The van der Waals surface area contributed by atoms with E-state index in [0.717, 1.165) is 5.56 Å². The van der Waals surface area contributed by atoms with E-state index in [2.05, 4.69) is 22.2 Å². The summed E-state index contributed by atoms with van der Waals surface area (Å²) in [6.45, 7) is 3.64. The Kier molecular flexibility index (Phi) is 4.50. The Labute approximate surface area is 122 Å². The zero-order valence-electron chi connectivity index (χ0n) is 11.7. The van der Waals surface area contributed by atoms with E-state index in [4.69, 9.17) is 0 Å². The lowest BCUT2D eigenvalue weighted by atomic mass is 10.1. The summed E-state index contributed by atoms with van der Waals surface area (Å²) < 4.78 is 1.45. The number of para-hydroxylation sites is 1. The van der Waals surface area contributed by atoms with Crippen molar-refractivity contribution in [1.29, 1.82) is 0 Å². The monoisotopic (exact) mass is 284 g/mol. The largest absolute Gasteiger partial charge is 0.507 e. The van der Waals surface area contributed by atoms with Gasteiger partial charge in [0.15, 0.2) is 0 Å². The first-order valence-corrected chi connectivity index (χ1v) is 6.36. The first-order valence-electron chi connectivity index (χ1n) is 6.36. The van der Waals surface area contributed by atoms with Crippen molar-refractivity contribution >= 4 is 12.1 Å². The van der Waals surface area contributed by atoms with Gasteiger partial charge in [-0.15, -0.1) is 6.58 Å². The van der Waals surface area contributed by atoms with E-state index >= 15 is 0 Å². The Morgan fingerprint density at radius 3 is 3.00 bits per heavy atom. The van der Waals surface area contributed by atoms with Crippen LogP contribution in [0.1, 0.15) is 21.6 Å². The molecule has 21 heavy (non-hydrogen) atoms. The minimum Gasteiger partial charge on any atom is -0.507 e. The second-order valence-corrected chi connectivity index (χ2v) is 4.39. The van der Waals surface area contributed by atoms with Gasteiger partial charge in [-0.25, -0.2) is 5.43 Å². The van der Waals surface area contributed by atoms with Crippen LogP contribution in [0.4, 0.5) is 0 Å². The molecule has 6 heteroatoms. The van der Waals surface area contributed by atoms with E-state index in [1.54, 1.807) is 25.3 Å². The number of hydrazone groups is 1. The number of phenolic OH excluding ortho intramolecular Hbond substituents is 1. The van der Waals surface area contributed by atoms with Crippen molar-refractivity contribution < 1.29 is 9.90 Å². The van der Waals surface area contributed by atoms with Gasteiger partial charge in [-0.1, -0.05) is 18.2 Å². The zero-order valence-corrected chi connectivity index (χ0v) is 11.7. The first kappa shape index (κ1) is 14.5. The van der Waals surface area contributed by atoms with Gasteiger partial charge in [-0.2, -0.15) is 10.2 Å². The standard InChI is InChI=1S/C15H16N4O2/c1-3-5-11-6-4-7-12(14(11)20)10-16-18-15(21)13-8-9-17-19(13)2/h3-4,6-10,20H,1,5H2,2H3,(H,18,21)/b16-10-. The highest BCUT2D eigenvalue weighted by Crippen LogP contribution is 2.21. The van der Waals surface area contributed by atoms with Crippen molar-refractivity contribution in [2.24, 2.45) is 12.1 Å². The first-order chi connectivity index (χ1) is 10.1. The van der Waals surface area contributed by atoms with E-state index < -0.39 is 0 Å². The number of amides is 1. The number of aromatic hydroxyl groups is 1. The molecule has 1 aromatic carbocycles. The number of nitrogens with zero attached hydrogens (tertiary/aromatic N) is 3. The summed E-state index contributed by atoms with van der Waals surface area (Å²) in [5.41, 5.74) is 4.08. The Hall–Kier alpha value is -2.89. The highest BCUT2D eigenvalue weighted by molar-refractivity contribution is 5.93. The molecule has 0 unspecified atom stereocenters. The van der Waals surface area contributed by atoms with Crippen molar-refractivity contribution in [3.8, 4) is 5.75 Å². The van der Waals surface area contributed by atoms with E-state index in [-0.39, 0.29) is 11.7 Å². The number of hydrogen-bond acceptors (Lipinski definition) is 4. The Balaban J connectivity index is 2.08. The number of aromatic nitrogens is 2. The van der Waals surface area contributed by atoms with Crippen LogP contribution in [-0.4, -0.2) is 27.0 Å². The van der Waals surface area contributed by atoms with Crippen LogP contribution in [0.25, 0.3) is 0 Å². The minimum absolute atomic E-state index is 0.135. The molecule has 0 aliphatic rings. The van der Waals surface area contributed by atoms with Gasteiger partial charge in [0, 0.05) is 18.8 Å². The van der Waals surface area contributed by atoms with Crippen LogP contribution in [0.2, 0.25) is 0 Å². The van der Waals surface area contributed by atoms with Crippen LogP contribution in [0.5, 0.6) is 5.75 Å². The molecule has 0 aliphatic carbocycles. The predicted molar refractivity (Wildman–Crippen MR) is 80.3 cm³/mol. The number of phenols is 1. The third kappa shape index (κ3) is 3.36. The SMILES string of the molecule is C=CCc1cccc(/C=N\NC(=O)c2ccnn2C)c1O. The van der Waals surface area contributed by atoms with Gasteiger partial charge >= 0.3 is 0 Å². The lowest BCUT2D eigenvalue weighted by molar-refractivity contribution is 0.0945. The number of benzene rings is 1. The van der Waals surface area contributed by atoms with Crippen molar-refractivity contribution in [1.82, 2.24) is 15.2 Å². The summed E-state index contributed by atoms with van der Waals surface area (Å²) in [5, 5.41) is 17.8. The van der Waals surface area contributed by atoms with Gasteiger partial charge in [-0.3, -0.25) is 9.48 Å². The van der Waals surface area contributed by atoms with Crippen LogP contribution in [0, 0.1) is 0 Å².